The van der Waals surface area contributed by atoms with Crippen molar-refractivity contribution < 1.29 is 19.6 Å². The molecule has 0 saturated heterocycles. The van der Waals surface area contributed by atoms with E-state index in [4.69, 9.17) is 4.74 Å². The van der Waals surface area contributed by atoms with Crippen molar-refractivity contribution in [1.29, 1.82) is 0 Å². The lowest BCUT2D eigenvalue weighted by atomic mass is 9.83. The maximum absolute atomic E-state index is 12.0. The van der Waals surface area contributed by atoms with Crippen molar-refractivity contribution >= 4 is 23.0 Å². The van der Waals surface area contributed by atoms with E-state index in [0.29, 0.717) is 27.6 Å². The molecule has 0 fully saturated rings. The molecular weight excluding hydrogens is 356 g/mol. The second kappa shape index (κ2) is 7.01. The first-order valence-electron chi connectivity index (χ1n) is 7.72. The van der Waals surface area contributed by atoms with Gasteiger partial charge in [0.15, 0.2) is 0 Å². The maximum Gasteiger partial charge on any atom is 0.334 e. The average Bonchev–Trinajstić information content (AvgIpc) is 3.14. The number of carboxylic acid groups (broad SMARTS) is 1. The molecule has 1 aromatic heterocycles. The average molecular weight is 372 g/mol. The second-order valence-corrected chi connectivity index (χ2v) is 6.59. The van der Waals surface area contributed by atoms with Crippen LogP contribution in [0.25, 0.3) is 5.70 Å². The first-order valence-corrected chi connectivity index (χ1v) is 8.60. The molecule has 2 N–H and O–H groups in total. The number of nitrogens with zero attached hydrogens (tertiary/aromatic N) is 1. The molecule has 1 aromatic carbocycles. The fourth-order valence-electron chi connectivity index (χ4n) is 3.11. The molecule has 0 aliphatic carbocycles. The van der Waals surface area contributed by atoms with Gasteiger partial charge in [-0.2, -0.15) is 0 Å². The topological polar surface area (TPSA) is 102 Å². The lowest BCUT2D eigenvalue weighted by molar-refractivity contribution is -0.428. The molecule has 0 radical (unpaired) electrons. The van der Waals surface area contributed by atoms with Crippen LogP contribution in [-0.2, 0) is 4.79 Å². The summed E-state index contributed by atoms with van der Waals surface area (Å²) in [5, 5.41) is 26.4. The molecule has 8 heteroatoms. The van der Waals surface area contributed by atoms with E-state index >= 15 is 0 Å². The summed E-state index contributed by atoms with van der Waals surface area (Å²) < 4.78 is 5.34. The number of carbonyl (C=O) groups is 1. The van der Waals surface area contributed by atoms with Crippen molar-refractivity contribution in [2.24, 2.45) is 0 Å². The van der Waals surface area contributed by atoms with E-state index in [1.54, 1.807) is 43.3 Å². The molecule has 1 atom stereocenters. The molecule has 2 heterocycles. The molecule has 1 aliphatic heterocycles. The quantitative estimate of drug-likeness (QED) is 0.616. The fraction of sp³-hybridized carbons (Fsp3) is 0.167. The van der Waals surface area contributed by atoms with E-state index < -0.39 is 16.8 Å². The SMILES string of the molecule is COc1ccccc1C1C(C(=O)O)=C(C)NC(c2cccs2)=C1[N+](=O)[O-]. The Labute approximate surface area is 153 Å². The molecule has 1 unspecified atom stereocenters. The summed E-state index contributed by atoms with van der Waals surface area (Å²) in [6, 6.07) is 10.3. The summed E-state index contributed by atoms with van der Waals surface area (Å²) in [5.41, 5.74) is 0.835. The number of aliphatic carboxylic acids is 1. The van der Waals surface area contributed by atoms with E-state index in [9.17, 15) is 20.0 Å². The predicted octanol–water partition coefficient (Wildman–Crippen LogP) is 3.45. The number of allylic oxidation sites excluding steroid dienone is 2. The zero-order valence-electron chi connectivity index (χ0n) is 14.1. The van der Waals surface area contributed by atoms with Crippen molar-refractivity contribution in [1.82, 2.24) is 5.32 Å². The molecule has 2 aromatic rings. The Morgan fingerprint density at radius 3 is 2.62 bits per heavy atom. The van der Waals surface area contributed by atoms with Crippen LogP contribution in [0.1, 0.15) is 23.3 Å². The zero-order chi connectivity index (χ0) is 18.8. The molecule has 1 aliphatic rings. The minimum atomic E-state index is -1.21. The van der Waals surface area contributed by atoms with Crippen molar-refractivity contribution in [3.63, 3.8) is 0 Å². The van der Waals surface area contributed by atoms with Gasteiger partial charge in [-0.15, -0.1) is 11.3 Å². The smallest absolute Gasteiger partial charge is 0.334 e. The van der Waals surface area contributed by atoms with Crippen molar-refractivity contribution in [2.45, 2.75) is 12.8 Å². The first kappa shape index (κ1) is 17.7. The van der Waals surface area contributed by atoms with Gasteiger partial charge in [0.2, 0.25) is 0 Å². The summed E-state index contributed by atoms with van der Waals surface area (Å²) >= 11 is 1.34. The van der Waals surface area contributed by atoms with Crippen molar-refractivity contribution in [3.8, 4) is 5.75 Å². The molecule has 0 bridgehead atoms. The highest BCUT2D eigenvalue weighted by Crippen LogP contribution is 2.44. The van der Waals surface area contributed by atoms with Gasteiger partial charge in [-0.05, 0) is 24.4 Å². The van der Waals surface area contributed by atoms with Gasteiger partial charge in [-0.1, -0.05) is 24.3 Å². The Kier molecular flexibility index (Phi) is 4.77. The zero-order valence-corrected chi connectivity index (χ0v) is 14.9. The highest BCUT2D eigenvalue weighted by Gasteiger charge is 2.43. The van der Waals surface area contributed by atoms with Crippen LogP contribution in [0.4, 0.5) is 0 Å². The third-order valence-electron chi connectivity index (χ3n) is 4.18. The number of dihydropyridines is 1. The third-order valence-corrected chi connectivity index (χ3v) is 5.07. The number of hydrogen-bond donors (Lipinski definition) is 2. The number of carboxylic acids is 1. The third kappa shape index (κ3) is 2.95. The molecule has 3 rings (SSSR count). The number of para-hydroxylation sites is 1. The summed E-state index contributed by atoms with van der Waals surface area (Å²) in [7, 11) is 1.45. The molecule has 0 saturated carbocycles. The molecule has 134 valence electrons. The van der Waals surface area contributed by atoms with Crippen molar-refractivity contribution in [3.05, 3.63) is 79.3 Å². The van der Waals surface area contributed by atoms with Gasteiger partial charge in [-0.3, -0.25) is 10.1 Å². The van der Waals surface area contributed by atoms with Gasteiger partial charge in [0.05, 0.1) is 22.5 Å². The summed E-state index contributed by atoms with van der Waals surface area (Å²) in [5.74, 6) is -1.87. The van der Waals surface area contributed by atoms with Crippen LogP contribution in [0, 0.1) is 10.1 Å². The predicted molar refractivity (Wildman–Crippen MR) is 97.4 cm³/mol. The minimum absolute atomic E-state index is 0.0680. The van der Waals surface area contributed by atoms with Gasteiger partial charge in [0, 0.05) is 11.3 Å². The van der Waals surface area contributed by atoms with E-state index in [1.165, 1.54) is 18.4 Å². The highest BCUT2D eigenvalue weighted by molar-refractivity contribution is 7.11. The molecule has 26 heavy (non-hydrogen) atoms. The van der Waals surface area contributed by atoms with Crippen LogP contribution < -0.4 is 10.1 Å². The monoisotopic (exact) mass is 372 g/mol. The van der Waals surface area contributed by atoms with Gasteiger partial charge in [0.25, 0.3) is 5.70 Å². The Hall–Kier alpha value is -3.13. The Balaban J connectivity index is 2.33. The number of thiophene rings is 1. The Bertz CT molecular complexity index is 931. The number of benzene rings is 1. The van der Waals surface area contributed by atoms with Crippen LogP contribution in [-0.4, -0.2) is 23.1 Å². The molecular formula is C18H16N2O5S. The maximum atomic E-state index is 12.0. The van der Waals surface area contributed by atoms with Gasteiger partial charge >= 0.3 is 5.97 Å². The Morgan fingerprint density at radius 2 is 2.04 bits per heavy atom. The largest absolute Gasteiger partial charge is 0.496 e. The lowest BCUT2D eigenvalue weighted by Crippen LogP contribution is -2.31. The highest BCUT2D eigenvalue weighted by atomic mass is 32.1. The Morgan fingerprint density at radius 1 is 1.31 bits per heavy atom. The first-order chi connectivity index (χ1) is 12.5. The molecule has 0 amide bonds. The number of ether oxygens (including phenoxy) is 1. The fourth-order valence-corrected chi connectivity index (χ4v) is 3.85. The molecule has 7 nitrogen and oxygen atoms in total. The van der Waals surface area contributed by atoms with E-state index in [0.717, 1.165) is 0 Å². The normalized spacial score (nSPS) is 17.1. The minimum Gasteiger partial charge on any atom is -0.496 e. The van der Waals surface area contributed by atoms with Crippen LogP contribution in [0.3, 0.4) is 0 Å². The summed E-state index contributed by atoms with van der Waals surface area (Å²) in [6.07, 6.45) is 0. The summed E-state index contributed by atoms with van der Waals surface area (Å²) in [6.45, 7) is 1.61. The van der Waals surface area contributed by atoms with E-state index in [1.807, 2.05) is 5.38 Å². The van der Waals surface area contributed by atoms with Crippen LogP contribution in [0.15, 0.2) is 58.7 Å². The van der Waals surface area contributed by atoms with Crippen LogP contribution in [0.2, 0.25) is 0 Å². The van der Waals surface area contributed by atoms with E-state index in [-0.39, 0.29) is 11.3 Å². The van der Waals surface area contributed by atoms with Gasteiger partial charge < -0.3 is 15.2 Å². The molecule has 0 spiro atoms. The number of rotatable bonds is 5. The van der Waals surface area contributed by atoms with Crippen molar-refractivity contribution in [2.75, 3.05) is 7.11 Å². The van der Waals surface area contributed by atoms with Gasteiger partial charge in [0.1, 0.15) is 17.4 Å². The number of nitrogens with one attached hydrogen (secondary N) is 1. The van der Waals surface area contributed by atoms with Crippen LogP contribution in [0.5, 0.6) is 5.75 Å². The number of nitro groups is 1. The second-order valence-electron chi connectivity index (χ2n) is 5.64. The van der Waals surface area contributed by atoms with Gasteiger partial charge in [-0.25, -0.2) is 4.79 Å². The van der Waals surface area contributed by atoms with Crippen LogP contribution >= 0.6 is 11.3 Å². The standard InChI is InChI=1S/C18H16N2O5S/c1-10-14(18(21)22)15(11-6-3-4-7-12(11)25-2)17(20(23)24)16(19-10)13-8-5-9-26-13/h3-9,15,19H,1-2H3,(H,21,22). The van der Waals surface area contributed by atoms with E-state index in [2.05, 4.69) is 5.32 Å². The lowest BCUT2D eigenvalue weighted by Gasteiger charge is -2.27. The summed E-state index contributed by atoms with van der Waals surface area (Å²) in [4.78, 5) is 24.1. The number of methoxy groups -OCH3 is 1. The number of hydrogen-bond acceptors (Lipinski definition) is 6.